The fraction of sp³-hybridized carbons (Fsp3) is 0.867. The van der Waals surface area contributed by atoms with Gasteiger partial charge in [0.2, 0.25) is 11.8 Å². The number of carbonyl (C=O) groups excluding carboxylic acids is 2. The Morgan fingerprint density at radius 2 is 2.00 bits per heavy atom. The Morgan fingerprint density at radius 3 is 2.50 bits per heavy atom. The van der Waals surface area contributed by atoms with Gasteiger partial charge in [-0.2, -0.15) is 0 Å². The number of likely N-dealkylation sites (N-methyl/N-ethyl adjacent to an activating group) is 1. The predicted molar refractivity (Wildman–Crippen MR) is 78.1 cm³/mol. The highest BCUT2D eigenvalue weighted by Crippen LogP contribution is 2.20. The highest BCUT2D eigenvalue weighted by Gasteiger charge is 2.32. The molecule has 1 saturated heterocycles. The van der Waals surface area contributed by atoms with Crippen molar-refractivity contribution in [1.82, 2.24) is 9.80 Å². The average Bonchev–Trinajstić information content (AvgIpc) is 2.35. The van der Waals surface area contributed by atoms with Gasteiger partial charge in [0.05, 0.1) is 11.5 Å². The minimum absolute atomic E-state index is 0.0216. The lowest BCUT2D eigenvalue weighted by Gasteiger charge is -2.36. The number of amides is 2. The highest BCUT2D eigenvalue weighted by molar-refractivity contribution is 5.82. The summed E-state index contributed by atoms with van der Waals surface area (Å²) in [6, 6.07) is 0. The highest BCUT2D eigenvalue weighted by atomic mass is 16.3. The molecule has 1 aliphatic heterocycles. The van der Waals surface area contributed by atoms with Crippen LogP contribution < -0.4 is 0 Å². The zero-order valence-corrected chi connectivity index (χ0v) is 13.3. The Labute approximate surface area is 121 Å². The van der Waals surface area contributed by atoms with E-state index in [4.69, 9.17) is 0 Å². The molecule has 20 heavy (non-hydrogen) atoms. The second-order valence-electron chi connectivity index (χ2n) is 6.78. The fourth-order valence-corrected chi connectivity index (χ4v) is 2.71. The molecule has 0 bridgehead atoms. The first kappa shape index (κ1) is 17.0. The van der Waals surface area contributed by atoms with Gasteiger partial charge in [-0.05, 0) is 26.7 Å². The Hall–Kier alpha value is -1.10. The van der Waals surface area contributed by atoms with Crippen molar-refractivity contribution in [2.45, 2.75) is 46.1 Å². The normalized spacial score (nSPS) is 20.1. The number of aliphatic hydroxyl groups is 1. The van der Waals surface area contributed by atoms with Gasteiger partial charge in [0.15, 0.2) is 0 Å². The first-order valence-electron chi connectivity index (χ1n) is 7.38. The fourth-order valence-electron chi connectivity index (χ4n) is 2.71. The van der Waals surface area contributed by atoms with E-state index in [1.165, 1.54) is 0 Å². The van der Waals surface area contributed by atoms with Crippen molar-refractivity contribution in [3.05, 3.63) is 0 Å². The summed E-state index contributed by atoms with van der Waals surface area (Å²) in [5.74, 6) is -0.0298. The average molecular weight is 284 g/mol. The van der Waals surface area contributed by atoms with Gasteiger partial charge >= 0.3 is 0 Å². The van der Waals surface area contributed by atoms with Gasteiger partial charge in [0, 0.05) is 32.6 Å². The van der Waals surface area contributed by atoms with E-state index in [1.54, 1.807) is 30.7 Å². The van der Waals surface area contributed by atoms with Crippen molar-refractivity contribution in [3.63, 3.8) is 0 Å². The second-order valence-corrected chi connectivity index (χ2v) is 6.78. The van der Waals surface area contributed by atoms with E-state index >= 15 is 0 Å². The number of hydrogen-bond donors (Lipinski definition) is 1. The third-order valence-corrected chi connectivity index (χ3v) is 3.58. The maximum absolute atomic E-state index is 12.4. The molecule has 0 saturated carbocycles. The molecule has 0 spiro atoms. The summed E-state index contributed by atoms with van der Waals surface area (Å²) in [7, 11) is 1.71. The van der Waals surface area contributed by atoms with E-state index in [1.807, 2.05) is 13.8 Å². The molecule has 0 aliphatic carbocycles. The minimum atomic E-state index is -0.896. The lowest BCUT2D eigenvalue weighted by atomic mass is 9.95. The maximum atomic E-state index is 12.4. The van der Waals surface area contributed by atoms with Crippen molar-refractivity contribution >= 4 is 11.8 Å². The van der Waals surface area contributed by atoms with Crippen LogP contribution in [0.25, 0.3) is 0 Å². The maximum Gasteiger partial charge on any atom is 0.227 e. The van der Waals surface area contributed by atoms with Gasteiger partial charge in [-0.15, -0.1) is 0 Å². The van der Waals surface area contributed by atoms with E-state index in [-0.39, 0.29) is 23.7 Å². The summed E-state index contributed by atoms with van der Waals surface area (Å²) in [4.78, 5) is 27.8. The molecular weight excluding hydrogens is 256 g/mol. The molecule has 1 aliphatic rings. The molecule has 1 rings (SSSR count). The molecule has 0 aromatic rings. The van der Waals surface area contributed by atoms with Gasteiger partial charge < -0.3 is 14.9 Å². The van der Waals surface area contributed by atoms with Crippen LogP contribution in [0.1, 0.15) is 40.5 Å². The van der Waals surface area contributed by atoms with Crippen molar-refractivity contribution in [1.29, 1.82) is 0 Å². The number of piperidine rings is 1. The standard InChI is InChI=1S/C15H28N2O3/c1-11(2)13(18)17-8-6-7-12(9-17)14(19)16(5)10-15(3,4)20/h11-12,20H,6-10H2,1-5H3. The smallest absolute Gasteiger partial charge is 0.227 e. The van der Waals surface area contributed by atoms with Crippen LogP contribution in [0.15, 0.2) is 0 Å². The number of nitrogens with zero attached hydrogens (tertiary/aromatic N) is 2. The summed E-state index contributed by atoms with van der Waals surface area (Å²) in [6.07, 6.45) is 1.68. The van der Waals surface area contributed by atoms with Crippen LogP contribution >= 0.6 is 0 Å². The molecule has 5 heteroatoms. The first-order chi connectivity index (χ1) is 9.11. The van der Waals surface area contributed by atoms with Gasteiger partial charge in [0.1, 0.15) is 0 Å². The number of hydrogen-bond acceptors (Lipinski definition) is 3. The van der Waals surface area contributed by atoms with Crippen LogP contribution in [-0.2, 0) is 9.59 Å². The Bertz CT molecular complexity index is 361. The third kappa shape index (κ3) is 4.78. The molecule has 1 N–H and O–H groups in total. The van der Waals surface area contributed by atoms with Crippen LogP contribution in [0.3, 0.4) is 0 Å². The number of rotatable bonds is 4. The van der Waals surface area contributed by atoms with Crippen LogP contribution in [0.5, 0.6) is 0 Å². The van der Waals surface area contributed by atoms with Gasteiger partial charge in [-0.3, -0.25) is 9.59 Å². The summed E-state index contributed by atoms with van der Waals surface area (Å²) >= 11 is 0. The van der Waals surface area contributed by atoms with Crippen LogP contribution in [0.2, 0.25) is 0 Å². The molecule has 0 aromatic carbocycles. The predicted octanol–water partition coefficient (Wildman–Crippen LogP) is 1.11. The summed E-state index contributed by atoms with van der Waals surface area (Å²) in [5.41, 5.74) is -0.896. The van der Waals surface area contributed by atoms with E-state index in [9.17, 15) is 14.7 Å². The molecule has 0 radical (unpaired) electrons. The molecule has 1 fully saturated rings. The number of likely N-dealkylation sites (tertiary alicyclic amines) is 1. The lowest BCUT2D eigenvalue weighted by Crippen LogP contribution is -2.49. The summed E-state index contributed by atoms with van der Waals surface area (Å²) in [6.45, 7) is 8.70. The molecular formula is C15H28N2O3. The van der Waals surface area contributed by atoms with Crippen molar-refractivity contribution < 1.29 is 14.7 Å². The van der Waals surface area contributed by atoms with E-state index in [2.05, 4.69) is 0 Å². The van der Waals surface area contributed by atoms with E-state index in [0.717, 1.165) is 19.4 Å². The van der Waals surface area contributed by atoms with Crippen molar-refractivity contribution in [2.75, 3.05) is 26.7 Å². The number of carbonyl (C=O) groups is 2. The molecule has 5 nitrogen and oxygen atoms in total. The molecule has 1 unspecified atom stereocenters. The summed E-state index contributed by atoms with van der Waals surface area (Å²) < 4.78 is 0. The Balaban J connectivity index is 2.62. The van der Waals surface area contributed by atoms with Gasteiger partial charge in [-0.1, -0.05) is 13.8 Å². The lowest BCUT2D eigenvalue weighted by molar-refractivity contribution is -0.143. The summed E-state index contributed by atoms with van der Waals surface area (Å²) in [5, 5.41) is 9.79. The third-order valence-electron chi connectivity index (χ3n) is 3.58. The first-order valence-corrected chi connectivity index (χ1v) is 7.38. The zero-order chi connectivity index (χ0) is 15.5. The monoisotopic (exact) mass is 284 g/mol. The Morgan fingerprint density at radius 1 is 1.40 bits per heavy atom. The minimum Gasteiger partial charge on any atom is -0.389 e. The largest absolute Gasteiger partial charge is 0.389 e. The van der Waals surface area contributed by atoms with E-state index < -0.39 is 5.60 Å². The van der Waals surface area contributed by atoms with Crippen LogP contribution in [0, 0.1) is 11.8 Å². The van der Waals surface area contributed by atoms with Crippen molar-refractivity contribution in [2.24, 2.45) is 11.8 Å². The van der Waals surface area contributed by atoms with Crippen LogP contribution in [0.4, 0.5) is 0 Å². The molecule has 0 aromatic heterocycles. The van der Waals surface area contributed by atoms with E-state index in [0.29, 0.717) is 13.1 Å². The molecule has 1 heterocycles. The molecule has 2 amide bonds. The second kappa shape index (κ2) is 6.57. The molecule has 116 valence electrons. The zero-order valence-electron chi connectivity index (χ0n) is 13.3. The van der Waals surface area contributed by atoms with Gasteiger partial charge in [-0.25, -0.2) is 0 Å². The quantitative estimate of drug-likeness (QED) is 0.841. The molecule has 1 atom stereocenters. The van der Waals surface area contributed by atoms with Crippen molar-refractivity contribution in [3.8, 4) is 0 Å². The SMILES string of the molecule is CC(C)C(=O)N1CCCC(C(=O)N(C)CC(C)(C)O)C1. The topological polar surface area (TPSA) is 60.9 Å². The Kier molecular flexibility index (Phi) is 5.57. The van der Waals surface area contributed by atoms with Crippen LogP contribution in [-0.4, -0.2) is 59.0 Å². The van der Waals surface area contributed by atoms with Gasteiger partial charge in [0.25, 0.3) is 0 Å².